The smallest absolute Gasteiger partial charge is 0.483 e. The molecule has 2 rings (SSSR count). The van der Waals surface area contributed by atoms with Crippen molar-refractivity contribution in [2.45, 2.75) is 33.1 Å². The Kier molecular flexibility index (Phi) is 15.3. The van der Waals surface area contributed by atoms with Gasteiger partial charge in [0.25, 0.3) is 6.47 Å². The Morgan fingerprint density at radius 1 is 0.879 bits per heavy atom. The fraction of sp³-hybridized carbons (Fsp3) is 0.250. The van der Waals surface area contributed by atoms with Crippen LogP contribution in [0.1, 0.15) is 53.8 Å². The van der Waals surface area contributed by atoms with Gasteiger partial charge in [-0.3, -0.25) is 4.79 Å². The molecule has 0 heterocycles. The van der Waals surface area contributed by atoms with Crippen molar-refractivity contribution in [3.63, 3.8) is 0 Å². The number of carboxylic acid groups (broad SMARTS) is 2. The maximum absolute atomic E-state index is 12.1. The van der Waals surface area contributed by atoms with Gasteiger partial charge in [-0.05, 0) is 67.8 Å². The number of aromatic carboxylic acids is 1. The van der Waals surface area contributed by atoms with Crippen molar-refractivity contribution in [2.75, 3.05) is 6.61 Å². The van der Waals surface area contributed by atoms with Gasteiger partial charge in [0.05, 0.1) is 17.7 Å². The summed E-state index contributed by atoms with van der Waals surface area (Å²) >= 11 is 0. The molecule has 0 saturated heterocycles. The molecule has 9 nitrogen and oxygen atoms in total. The Balaban J connectivity index is 0.00000189. The van der Waals surface area contributed by atoms with Gasteiger partial charge in [-0.2, -0.15) is 0 Å². The van der Waals surface area contributed by atoms with E-state index in [9.17, 15) is 14.4 Å². The standard InChI is InChI=1S/C21H20O7.C2H6.CH2O2/c1-2-3-4-5-14-26-21(25)28-18-12-8-16(9-13-18)20(24)27-17-10-6-15(7-11-17)19(22)23;1-2;2-1-3/h2,6-13H,1,3-5,14H2,(H,22,23);1-2H3;1H,(H,2,3). The summed E-state index contributed by atoms with van der Waals surface area (Å²) in [5, 5.41) is 15.7. The van der Waals surface area contributed by atoms with E-state index in [2.05, 4.69) is 6.58 Å². The topological polar surface area (TPSA) is 136 Å². The first-order valence-electron chi connectivity index (χ1n) is 10.1. The number of hydrogen-bond acceptors (Lipinski definition) is 7. The number of unbranched alkanes of at least 4 members (excludes halogenated alkanes) is 2. The van der Waals surface area contributed by atoms with Gasteiger partial charge in [0, 0.05) is 0 Å². The third-order valence-corrected chi connectivity index (χ3v) is 3.63. The zero-order chi connectivity index (χ0) is 25.1. The third-order valence-electron chi connectivity index (χ3n) is 3.63. The Morgan fingerprint density at radius 3 is 1.85 bits per heavy atom. The van der Waals surface area contributed by atoms with E-state index in [4.69, 9.17) is 29.2 Å². The van der Waals surface area contributed by atoms with Crippen LogP contribution in [0.15, 0.2) is 61.2 Å². The number of carboxylic acids is 1. The van der Waals surface area contributed by atoms with Gasteiger partial charge < -0.3 is 24.4 Å². The van der Waals surface area contributed by atoms with E-state index in [1.807, 2.05) is 13.8 Å². The fourth-order valence-corrected chi connectivity index (χ4v) is 2.16. The number of hydrogen-bond donors (Lipinski definition) is 2. The summed E-state index contributed by atoms with van der Waals surface area (Å²) in [6.07, 6.45) is 3.45. The number of benzene rings is 2. The molecule has 0 aromatic heterocycles. The van der Waals surface area contributed by atoms with Crippen LogP contribution in [-0.2, 0) is 9.53 Å². The van der Waals surface area contributed by atoms with Crippen LogP contribution >= 0.6 is 0 Å². The minimum atomic E-state index is -1.07. The number of allylic oxidation sites excluding steroid dienone is 1. The summed E-state index contributed by atoms with van der Waals surface area (Å²) in [5.74, 6) is -1.24. The minimum absolute atomic E-state index is 0.0916. The normalized spacial score (nSPS) is 9.03. The highest BCUT2D eigenvalue weighted by molar-refractivity contribution is 5.91. The van der Waals surface area contributed by atoms with E-state index in [0.717, 1.165) is 19.3 Å². The van der Waals surface area contributed by atoms with Gasteiger partial charge in [-0.25, -0.2) is 14.4 Å². The molecule has 2 aromatic rings. The molecular formula is C24H28O9. The maximum atomic E-state index is 12.1. The van der Waals surface area contributed by atoms with Gasteiger partial charge in [0.1, 0.15) is 11.5 Å². The van der Waals surface area contributed by atoms with Gasteiger partial charge in [-0.1, -0.05) is 19.9 Å². The monoisotopic (exact) mass is 460 g/mol. The minimum Gasteiger partial charge on any atom is -0.483 e. The van der Waals surface area contributed by atoms with Crippen LogP contribution in [0.4, 0.5) is 4.79 Å². The summed E-state index contributed by atoms with van der Waals surface area (Å²) < 4.78 is 15.1. The third kappa shape index (κ3) is 12.3. The molecule has 0 aliphatic heterocycles. The molecular weight excluding hydrogens is 432 g/mol. The van der Waals surface area contributed by atoms with Crippen molar-refractivity contribution < 1.29 is 43.6 Å². The Labute approximate surface area is 192 Å². The Hall–Kier alpha value is -4.14. The van der Waals surface area contributed by atoms with Crippen molar-refractivity contribution in [3.8, 4) is 11.5 Å². The van der Waals surface area contributed by atoms with Crippen molar-refractivity contribution in [1.82, 2.24) is 0 Å². The Bertz CT molecular complexity index is 872. The molecule has 9 heteroatoms. The lowest BCUT2D eigenvalue weighted by Crippen LogP contribution is -2.12. The molecule has 0 aliphatic rings. The van der Waals surface area contributed by atoms with Crippen LogP contribution in [0.5, 0.6) is 11.5 Å². The van der Waals surface area contributed by atoms with Crippen molar-refractivity contribution in [3.05, 3.63) is 72.3 Å². The number of ether oxygens (including phenoxy) is 3. The highest BCUT2D eigenvalue weighted by Gasteiger charge is 2.11. The van der Waals surface area contributed by atoms with Crippen LogP contribution in [0.3, 0.4) is 0 Å². The SMILES string of the molecule is C=CCCCCOC(=O)Oc1ccc(C(=O)Oc2ccc(C(=O)O)cc2)cc1.CC.O=CO. The summed E-state index contributed by atoms with van der Waals surface area (Å²) in [6, 6.07) is 11.2. The molecule has 0 saturated carbocycles. The molecule has 0 bridgehead atoms. The first-order valence-corrected chi connectivity index (χ1v) is 10.1. The molecule has 33 heavy (non-hydrogen) atoms. The summed E-state index contributed by atoms with van der Waals surface area (Å²) in [5.41, 5.74) is 0.335. The molecule has 2 N–H and O–H groups in total. The zero-order valence-corrected chi connectivity index (χ0v) is 18.6. The van der Waals surface area contributed by atoms with E-state index >= 15 is 0 Å². The van der Waals surface area contributed by atoms with E-state index in [0.29, 0.717) is 0 Å². The van der Waals surface area contributed by atoms with Gasteiger partial charge >= 0.3 is 18.1 Å². The number of carbonyl (C=O) groups excluding carboxylic acids is 2. The lowest BCUT2D eigenvalue weighted by Gasteiger charge is -2.07. The quantitative estimate of drug-likeness (QED) is 0.129. The first-order chi connectivity index (χ1) is 15.9. The molecule has 2 aromatic carbocycles. The lowest BCUT2D eigenvalue weighted by atomic mass is 10.2. The molecule has 0 amide bonds. The van der Waals surface area contributed by atoms with Crippen molar-refractivity contribution in [1.29, 1.82) is 0 Å². The lowest BCUT2D eigenvalue weighted by molar-refractivity contribution is -0.122. The molecule has 0 fully saturated rings. The van der Waals surface area contributed by atoms with Crippen LogP contribution < -0.4 is 9.47 Å². The number of esters is 1. The zero-order valence-electron chi connectivity index (χ0n) is 18.6. The van der Waals surface area contributed by atoms with Gasteiger partial charge in [0.2, 0.25) is 0 Å². The second kappa shape index (κ2) is 17.5. The average molecular weight is 460 g/mol. The second-order valence-corrected chi connectivity index (χ2v) is 5.83. The van der Waals surface area contributed by atoms with Crippen LogP contribution in [-0.4, -0.2) is 41.4 Å². The highest BCUT2D eigenvalue weighted by atomic mass is 16.7. The summed E-state index contributed by atoms with van der Waals surface area (Å²) in [6.45, 7) is 7.63. The largest absolute Gasteiger partial charge is 0.513 e. The molecule has 0 radical (unpaired) electrons. The molecule has 0 atom stereocenters. The predicted molar refractivity (Wildman–Crippen MR) is 121 cm³/mol. The van der Waals surface area contributed by atoms with E-state index < -0.39 is 18.1 Å². The Morgan fingerprint density at radius 2 is 1.36 bits per heavy atom. The fourth-order valence-electron chi connectivity index (χ4n) is 2.16. The summed E-state index contributed by atoms with van der Waals surface area (Å²) in [7, 11) is 0. The van der Waals surface area contributed by atoms with Gasteiger partial charge in [0.15, 0.2) is 0 Å². The van der Waals surface area contributed by atoms with Gasteiger partial charge in [-0.15, -0.1) is 6.58 Å². The maximum Gasteiger partial charge on any atom is 0.513 e. The van der Waals surface area contributed by atoms with Crippen molar-refractivity contribution >= 4 is 24.6 Å². The average Bonchev–Trinajstić information content (AvgIpc) is 2.81. The van der Waals surface area contributed by atoms with Crippen LogP contribution in [0.25, 0.3) is 0 Å². The number of carbonyl (C=O) groups is 4. The first kappa shape index (κ1) is 28.9. The predicted octanol–water partition coefficient (Wildman–Crippen LogP) is 5.20. The van der Waals surface area contributed by atoms with Crippen LogP contribution in [0.2, 0.25) is 0 Å². The number of rotatable bonds is 9. The van der Waals surface area contributed by atoms with Crippen LogP contribution in [0, 0.1) is 0 Å². The summed E-state index contributed by atoms with van der Waals surface area (Å²) in [4.78, 5) is 42.9. The molecule has 0 aliphatic carbocycles. The highest BCUT2D eigenvalue weighted by Crippen LogP contribution is 2.17. The molecule has 0 spiro atoms. The second-order valence-electron chi connectivity index (χ2n) is 5.83. The molecule has 0 unspecified atom stereocenters. The van der Waals surface area contributed by atoms with Crippen molar-refractivity contribution in [2.24, 2.45) is 0 Å². The van der Waals surface area contributed by atoms with E-state index in [-0.39, 0.29) is 35.7 Å². The van der Waals surface area contributed by atoms with E-state index in [1.165, 1.54) is 48.5 Å². The van der Waals surface area contributed by atoms with E-state index in [1.54, 1.807) is 6.08 Å². The molecule has 178 valence electrons.